The third kappa shape index (κ3) is 4.34. The molecule has 2 fully saturated rings. The second-order valence-electron chi connectivity index (χ2n) is 8.62. The van der Waals surface area contributed by atoms with E-state index >= 15 is 0 Å². The molecule has 0 amide bonds. The Morgan fingerprint density at radius 3 is 2.53 bits per heavy atom. The minimum atomic E-state index is -0.758. The number of hydrogen-bond acceptors (Lipinski definition) is 6. The van der Waals surface area contributed by atoms with Crippen LogP contribution >= 0.6 is 0 Å². The molecule has 1 aliphatic heterocycles. The first-order chi connectivity index (χ1) is 15.4. The Morgan fingerprint density at radius 1 is 1.03 bits per heavy atom. The average Bonchev–Trinajstić information content (AvgIpc) is 2.75. The zero-order valence-corrected chi connectivity index (χ0v) is 17.9. The molecule has 6 nitrogen and oxygen atoms in total. The summed E-state index contributed by atoms with van der Waals surface area (Å²) in [6.45, 7) is 5.12. The first kappa shape index (κ1) is 20.9. The van der Waals surface area contributed by atoms with Gasteiger partial charge in [-0.2, -0.15) is 0 Å². The van der Waals surface area contributed by atoms with Gasteiger partial charge in [-0.3, -0.25) is 9.88 Å². The van der Waals surface area contributed by atoms with Gasteiger partial charge in [-0.1, -0.05) is 6.07 Å². The van der Waals surface area contributed by atoms with E-state index in [1.54, 1.807) is 6.20 Å². The average molecular weight is 442 g/mol. The molecule has 32 heavy (non-hydrogen) atoms. The second-order valence-corrected chi connectivity index (χ2v) is 8.62. The van der Waals surface area contributed by atoms with Gasteiger partial charge in [-0.15, -0.1) is 0 Å². The fraction of sp³-hybridized carbons (Fsp3) is 0.435. The van der Waals surface area contributed by atoms with Crippen LogP contribution in [0.1, 0.15) is 24.1 Å². The molecule has 0 atom stereocenters. The van der Waals surface area contributed by atoms with Crippen molar-refractivity contribution in [3.8, 4) is 0 Å². The lowest BCUT2D eigenvalue weighted by Gasteiger charge is -2.37. The van der Waals surface area contributed by atoms with E-state index in [1.165, 1.54) is 12.1 Å². The van der Waals surface area contributed by atoms with Gasteiger partial charge in [0.1, 0.15) is 23.3 Å². The first-order valence-corrected chi connectivity index (χ1v) is 10.9. The van der Waals surface area contributed by atoms with Gasteiger partial charge in [0, 0.05) is 56.1 Å². The zero-order valence-electron chi connectivity index (χ0n) is 17.9. The lowest BCUT2D eigenvalue weighted by atomic mass is 9.91. The number of fused-ring (bicyclic) bond motifs is 1. The second kappa shape index (κ2) is 8.54. The molecule has 2 aromatic heterocycles. The normalized spacial score (nSPS) is 21.6. The quantitative estimate of drug-likeness (QED) is 0.648. The minimum Gasteiger partial charge on any atom is -0.364 e. The molecule has 168 valence electrons. The molecule has 2 aliphatic rings. The van der Waals surface area contributed by atoms with Gasteiger partial charge in [0.25, 0.3) is 0 Å². The molecular formula is C23H25F3N6. The number of benzene rings is 1. The summed E-state index contributed by atoms with van der Waals surface area (Å²) in [4.78, 5) is 18.2. The number of alkyl halides is 1. The maximum atomic E-state index is 14.0. The molecule has 3 aromatic rings. The lowest BCUT2D eigenvalue weighted by molar-refractivity contribution is 0.192. The molecule has 0 spiro atoms. The van der Waals surface area contributed by atoms with Gasteiger partial charge >= 0.3 is 0 Å². The maximum Gasteiger partial charge on any atom is 0.172 e. The number of hydrogen-bond donors (Lipinski definition) is 1. The van der Waals surface area contributed by atoms with Crippen LogP contribution in [0.4, 0.5) is 24.8 Å². The van der Waals surface area contributed by atoms with E-state index in [0.717, 1.165) is 23.1 Å². The van der Waals surface area contributed by atoms with Gasteiger partial charge in [0.15, 0.2) is 11.6 Å². The highest BCUT2D eigenvalue weighted by Crippen LogP contribution is 2.31. The Bertz CT molecular complexity index is 1130. The number of piperazine rings is 1. The molecule has 1 saturated heterocycles. The van der Waals surface area contributed by atoms with E-state index in [0.29, 0.717) is 62.5 Å². The predicted molar refractivity (Wildman–Crippen MR) is 117 cm³/mol. The van der Waals surface area contributed by atoms with Crippen molar-refractivity contribution in [2.75, 3.05) is 36.4 Å². The van der Waals surface area contributed by atoms with E-state index in [-0.39, 0.29) is 6.04 Å². The molecule has 5 rings (SSSR count). The minimum absolute atomic E-state index is 0.0566. The fourth-order valence-electron chi connectivity index (χ4n) is 4.24. The van der Waals surface area contributed by atoms with E-state index in [9.17, 15) is 13.2 Å². The standard InChI is InChI=1S/C23H25F3N6/c1-14-8-20-21(12-27-14)30-23(22(29-20)28-18-9-17(25)10-18)32-6-4-31(5-7-32)13-15-2-3-16(24)11-19(15)26/h2-3,8,11-12,17-18H,4-7,9-10,13H2,1H3,(H,28,29). The molecule has 0 radical (unpaired) electrons. The molecule has 9 heteroatoms. The molecule has 0 bridgehead atoms. The van der Waals surface area contributed by atoms with Gasteiger partial charge < -0.3 is 10.2 Å². The van der Waals surface area contributed by atoms with Crippen molar-refractivity contribution in [1.82, 2.24) is 19.9 Å². The Labute approximate surface area is 184 Å². The fourth-order valence-corrected chi connectivity index (χ4v) is 4.24. The summed E-state index contributed by atoms with van der Waals surface area (Å²) < 4.78 is 40.6. The Kier molecular flexibility index (Phi) is 5.58. The van der Waals surface area contributed by atoms with Crippen LogP contribution in [0.25, 0.3) is 11.0 Å². The number of halogens is 3. The van der Waals surface area contributed by atoms with Crippen LogP contribution in [0.3, 0.4) is 0 Å². The van der Waals surface area contributed by atoms with E-state index < -0.39 is 17.8 Å². The number of aryl methyl sites for hydroxylation is 1. The third-order valence-corrected chi connectivity index (χ3v) is 6.17. The number of pyridine rings is 1. The SMILES string of the molecule is Cc1cc2nc(NC3CC(F)C3)c(N3CCN(Cc4ccc(F)cc4F)CC3)nc2cn1. The molecule has 1 aromatic carbocycles. The van der Waals surface area contributed by atoms with Crippen LogP contribution in [-0.4, -0.2) is 58.2 Å². The highest BCUT2D eigenvalue weighted by Gasteiger charge is 2.31. The van der Waals surface area contributed by atoms with E-state index in [4.69, 9.17) is 9.97 Å². The molecule has 1 saturated carbocycles. The smallest absolute Gasteiger partial charge is 0.172 e. The summed E-state index contributed by atoms with van der Waals surface area (Å²) in [6.07, 6.45) is 1.92. The molecule has 1 aliphatic carbocycles. The summed E-state index contributed by atoms with van der Waals surface area (Å²) >= 11 is 0. The Hall–Kier alpha value is -2.94. The summed E-state index contributed by atoms with van der Waals surface area (Å²) in [5.41, 5.74) is 2.81. The van der Waals surface area contributed by atoms with Crippen molar-refractivity contribution in [2.24, 2.45) is 0 Å². The van der Waals surface area contributed by atoms with Crippen LogP contribution in [0.5, 0.6) is 0 Å². The lowest BCUT2D eigenvalue weighted by Crippen LogP contribution is -2.47. The first-order valence-electron chi connectivity index (χ1n) is 10.9. The molecule has 1 N–H and O–H groups in total. The van der Waals surface area contributed by atoms with E-state index in [1.807, 2.05) is 13.0 Å². The highest BCUT2D eigenvalue weighted by atomic mass is 19.1. The number of anilines is 2. The van der Waals surface area contributed by atoms with Crippen molar-refractivity contribution in [3.05, 3.63) is 53.4 Å². The summed E-state index contributed by atoms with van der Waals surface area (Å²) in [5, 5.41) is 3.38. The van der Waals surface area contributed by atoms with Crippen LogP contribution in [0.15, 0.2) is 30.5 Å². The van der Waals surface area contributed by atoms with Gasteiger partial charge in [-0.05, 0) is 31.9 Å². The summed E-state index contributed by atoms with van der Waals surface area (Å²) in [5.74, 6) is 0.311. The van der Waals surface area contributed by atoms with Crippen molar-refractivity contribution in [1.29, 1.82) is 0 Å². The molecule has 0 unspecified atom stereocenters. The predicted octanol–water partition coefficient (Wildman–Crippen LogP) is 3.85. The Morgan fingerprint density at radius 2 is 1.81 bits per heavy atom. The molecular weight excluding hydrogens is 417 g/mol. The number of nitrogens with zero attached hydrogens (tertiary/aromatic N) is 5. The topological polar surface area (TPSA) is 57.2 Å². The van der Waals surface area contributed by atoms with Crippen molar-refractivity contribution in [2.45, 2.75) is 38.5 Å². The number of rotatable bonds is 5. The van der Waals surface area contributed by atoms with Crippen LogP contribution < -0.4 is 10.2 Å². The maximum absolute atomic E-state index is 14.0. The van der Waals surface area contributed by atoms with Crippen molar-refractivity contribution >= 4 is 22.7 Å². The Balaban J connectivity index is 1.34. The van der Waals surface area contributed by atoms with Crippen molar-refractivity contribution < 1.29 is 13.2 Å². The highest BCUT2D eigenvalue weighted by molar-refractivity contribution is 5.80. The number of nitrogens with one attached hydrogen (secondary N) is 1. The third-order valence-electron chi connectivity index (χ3n) is 6.17. The largest absolute Gasteiger partial charge is 0.364 e. The van der Waals surface area contributed by atoms with Crippen LogP contribution in [0.2, 0.25) is 0 Å². The summed E-state index contributed by atoms with van der Waals surface area (Å²) in [6, 6.07) is 5.66. The molecule has 3 heterocycles. The van der Waals surface area contributed by atoms with Gasteiger partial charge in [-0.25, -0.2) is 23.1 Å². The van der Waals surface area contributed by atoms with E-state index in [2.05, 4.69) is 20.1 Å². The van der Waals surface area contributed by atoms with Gasteiger partial charge in [0.2, 0.25) is 0 Å². The van der Waals surface area contributed by atoms with Gasteiger partial charge in [0.05, 0.1) is 11.7 Å². The zero-order chi connectivity index (χ0) is 22.2. The monoisotopic (exact) mass is 442 g/mol. The van der Waals surface area contributed by atoms with Crippen LogP contribution in [-0.2, 0) is 6.54 Å². The summed E-state index contributed by atoms with van der Waals surface area (Å²) in [7, 11) is 0. The number of aromatic nitrogens is 3. The van der Waals surface area contributed by atoms with Crippen molar-refractivity contribution in [3.63, 3.8) is 0 Å². The van der Waals surface area contributed by atoms with Crippen LogP contribution in [0, 0.1) is 18.6 Å².